The van der Waals surface area contributed by atoms with Gasteiger partial charge >= 0.3 is 0 Å². The molecule has 8 heteroatoms. The topological polar surface area (TPSA) is 78.3 Å². The number of carbonyl (C=O) groups is 1. The maximum atomic E-state index is 12.4. The van der Waals surface area contributed by atoms with Crippen molar-refractivity contribution >= 4 is 23.4 Å². The molecule has 2 heterocycles. The van der Waals surface area contributed by atoms with Crippen molar-refractivity contribution in [1.29, 1.82) is 0 Å². The Bertz CT molecular complexity index is 1130. The van der Waals surface area contributed by atoms with Crippen LogP contribution in [0, 0.1) is 20.8 Å². The zero-order valence-corrected chi connectivity index (χ0v) is 19.0. The minimum absolute atomic E-state index is 0.0757. The summed E-state index contributed by atoms with van der Waals surface area (Å²) in [5, 5.41) is 12.3. The van der Waals surface area contributed by atoms with Crippen molar-refractivity contribution in [1.82, 2.24) is 14.8 Å². The predicted molar refractivity (Wildman–Crippen MR) is 122 cm³/mol. The Balaban J connectivity index is 1.47. The number of thioether (sulfide) groups is 1. The van der Waals surface area contributed by atoms with Crippen molar-refractivity contribution in [3.05, 3.63) is 47.0 Å². The lowest BCUT2D eigenvalue weighted by molar-refractivity contribution is -0.113. The van der Waals surface area contributed by atoms with E-state index in [2.05, 4.69) is 21.6 Å². The number of nitrogens with one attached hydrogen (secondary N) is 1. The first kappa shape index (κ1) is 21.2. The number of anilines is 1. The first-order valence-corrected chi connectivity index (χ1v) is 11.2. The summed E-state index contributed by atoms with van der Waals surface area (Å²) in [6.45, 7) is 7.32. The summed E-state index contributed by atoms with van der Waals surface area (Å²) in [6.07, 6.45) is 0.859. The fraction of sp³-hybridized carbons (Fsp3) is 0.348. The smallest absolute Gasteiger partial charge is 0.234 e. The molecule has 0 aliphatic carbocycles. The molecule has 0 bridgehead atoms. The second-order valence-electron chi connectivity index (χ2n) is 7.68. The fourth-order valence-electron chi connectivity index (χ4n) is 3.50. The molecular weight excluding hydrogens is 412 g/mol. The molecule has 0 radical (unpaired) electrons. The third-order valence-corrected chi connectivity index (χ3v) is 6.18. The van der Waals surface area contributed by atoms with Gasteiger partial charge in [0.15, 0.2) is 22.5 Å². The zero-order chi connectivity index (χ0) is 22.0. The minimum Gasteiger partial charge on any atom is -0.490 e. The van der Waals surface area contributed by atoms with Gasteiger partial charge in [0.25, 0.3) is 0 Å². The van der Waals surface area contributed by atoms with Crippen LogP contribution in [-0.4, -0.2) is 39.6 Å². The van der Waals surface area contributed by atoms with Crippen LogP contribution in [0.4, 0.5) is 5.69 Å². The Morgan fingerprint density at radius 3 is 2.55 bits per heavy atom. The summed E-state index contributed by atoms with van der Waals surface area (Å²) in [6, 6.07) is 9.91. The van der Waals surface area contributed by atoms with Gasteiger partial charge in [-0.3, -0.25) is 4.79 Å². The molecule has 31 heavy (non-hydrogen) atoms. The van der Waals surface area contributed by atoms with Gasteiger partial charge in [0, 0.05) is 24.7 Å². The highest BCUT2D eigenvalue weighted by Crippen LogP contribution is 2.37. The molecule has 0 spiro atoms. The van der Waals surface area contributed by atoms with E-state index in [1.54, 1.807) is 0 Å². The van der Waals surface area contributed by atoms with Gasteiger partial charge in [0.2, 0.25) is 5.91 Å². The number of nitrogens with zero attached hydrogens (tertiary/aromatic N) is 3. The van der Waals surface area contributed by atoms with Crippen molar-refractivity contribution < 1.29 is 14.3 Å². The maximum Gasteiger partial charge on any atom is 0.234 e. The first-order chi connectivity index (χ1) is 14.9. The minimum atomic E-state index is -0.0757. The summed E-state index contributed by atoms with van der Waals surface area (Å²) in [7, 11) is 1.90. The van der Waals surface area contributed by atoms with Gasteiger partial charge < -0.3 is 19.4 Å². The molecule has 0 fully saturated rings. The van der Waals surface area contributed by atoms with Gasteiger partial charge in [-0.15, -0.1) is 10.2 Å². The molecule has 7 nitrogen and oxygen atoms in total. The molecule has 1 amide bonds. The van der Waals surface area contributed by atoms with Crippen LogP contribution in [0.3, 0.4) is 0 Å². The highest BCUT2D eigenvalue weighted by Gasteiger charge is 2.19. The Kier molecular flexibility index (Phi) is 6.18. The van der Waals surface area contributed by atoms with Crippen LogP contribution in [0.15, 0.2) is 35.5 Å². The Labute approximate surface area is 186 Å². The van der Waals surface area contributed by atoms with Crippen LogP contribution < -0.4 is 14.8 Å². The highest BCUT2D eigenvalue weighted by molar-refractivity contribution is 7.99. The number of hydrogen-bond donors (Lipinski definition) is 1. The summed E-state index contributed by atoms with van der Waals surface area (Å²) in [4.78, 5) is 12.4. The average molecular weight is 439 g/mol. The molecule has 2 aromatic carbocycles. The van der Waals surface area contributed by atoms with Gasteiger partial charge in [-0.2, -0.15) is 0 Å². The Morgan fingerprint density at radius 2 is 1.81 bits per heavy atom. The lowest BCUT2D eigenvalue weighted by Crippen LogP contribution is -2.15. The maximum absolute atomic E-state index is 12.4. The van der Waals surface area contributed by atoms with Crippen LogP contribution >= 0.6 is 11.8 Å². The number of aromatic nitrogens is 3. The number of aryl methyl sites for hydroxylation is 3. The van der Waals surface area contributed by atoms with Crippen LogP contribution in [0.25, 0.3) is 11.4 Å². The van der Waals surface area contributed by atoms with E-state index in [4.69, 9.17) is 9.47 Å². The molecule has 1 aromatic heterocycles. The van der Waals surface area contributed by atoms with Gasteiger partial charge in [0.1, 0.15) is 0 Å². The van der Waals surface area contributed by atoms with E-state index in [1.807, 2.05) is 56.7 Å². The normalized spacial score (nSPS) is 13.0. The van der Waals surface area contributed by atoms with Crippen LogP contribution in [-0.2, 0) is 11.8 Å². The van der Waals surface area contributed by atoms with E-state index in [9.17, 15) is 4.79 Å². The molecule has 3 aromatic rings. The lowest BCUT2D eigenvalue weighted by Gasteiger charge is -2.12. The fourth-order valence-corrected chi connectivity index (χ4v) is 4.21. The number of hydrogen-bond acceptors (Lipinski definition) is 6. The number of ether oxygens (including phenoxy) is 2. The third kappa shape index (κ3) is 4.69. The monoisotopic (exact) mass is 438 g/mol. The van der Waals surface area contributed by atoms with Crippen molar-refractivity contribution in [2.75, 3.05) is 24.3 Å². The predicted octanol–water partition coefficient (Wildman–Crippen LogP) is 4.30. The van der Waals surface area contributed by atoms with Crippen LogP contribution in [0.1, 0.15) is 23.1 Å². The van der Waals surface area contributed by atoms with E-state index in [0.717, 1.165) is 46.1 Å². The molecule has 1 aliphatic rings. The second kappa shape index (κ2) is 9.01. The van der Waals surface area contributed by atoms with E-state index in [1.165, 1.54) is 17.3 Å². The Hall–Kier alpha value is -3.00. The third-order valence-electron chi connectivity index (χ3n) is 5.16. The van der Waals surface area contributed by atoms with Crippen molar-refractivity contribution in [3.8, 4) is 22.9 Å². The number of amides is 1. The van der Waals surface area contributed by atoms with Crippen molar-refractivity contribution in [3.63, 3.8) is 0 Å². The number of benzene rings is 2. The molecule has 1 aliphatic heterocycles. The number of carbonyl (C=O) groups excluding carboxylic acids is 1. The molecule has 1 N–H and O–H groups in total. The van der Waals surface area contributed by atoms with Gasteiger partial charge in [-0.05, 0) is 50.1 Å². The molecule has 0 unspecified atom stereocenters. The molecule has 0 atom stereocenters. The summed E-state index contributed by atoms with van der Waals surface area (Å²) < 4.78 is 13.5. The van der Waals surface area contributed by atoms with E-state index < -0.39 is 0 Å². The molecule has 0 saturated carbocycles. The van der Waals surface area contributed by atoms with Crippen molar-refractivity contribution in [2.24, 2.45) is 7.05 Å². The average Bonchev–Trinajstić information content (AvgIpc) is 2.94. The Morgan fingerprint density at radius 1 is 1.06 bits per heavy atom. The van der Waals surface area contributed by atoms with E-state index >= 15 is 0 Å². The summed E-state index contributed by atoms with van der Waals surface area (Å²) >= 11 is 1.36. The number of rotatable bonds is 5. The van der Waals surface area contributed by atoms with Crippen LogP contribution in [0.2, 0.25) is 0 Å². The summed E-state index contributed by atoms with van der Waals surface area (Å²) in [5.74, 6) is 2.39. The molecule has 4 rings (SSSR count). The van der Waals surface area contributed by atoms with Gasteiger partial charge in [0.05, 0.1) is 19.0 Å². The van der Waals surface area contributed by atoms with Crippen LogP contribution in [0.5, 0.6) is 11.5 Å². The largest absolute Gasteiger partial charge is 0.490 e. The first-order valence-electron chi connectivity index (χ1n) is 10.2. The van der Waals surface area contributed by atoms with E-state index in [-0.39, 0.29) is 11.7 Å². The molecular formula is C23H26N4O3S. The van der Waals surface area contributed by atoms with Gasteiger partial charge in [-0.1, -0.05) is 29.5 Å². The second-order valence-corrected chi connectivity index (χ2v) is 8.63. The molecule has 162 valence electrons. The van der Waals surface area contributed by atoms with E-state index in [0.29, 0.717) is 18.4 Å². The summed E-state index contributed by atoms with van der Waals surface area (Å²) in [5.41, 5.74) is 5.01. The SMILES string of the molecule is Cc1ccc(NC(=O)CSc2nnc(-c3cc4c(cc3C)OCCCO4)n2C)c(C)c1. The lowest BCUT2D eigenvalue weighted by atomic mass is 10.1. The zero-order valence-electron chi connectivity index (χ0n) is 18.2. The van der Waals surface area contributed by atoms with Gasteiger partial charge in [-0.25, -0.2) is 0 Å². The number of fused-ring (bicyclic) bond motifs is 1. The highest BCUT2D eigenvalue weighted by atomic mass is 32.2. The standard InChI is InChI=1S/C23H26N4O3S/c1-14-6-7-18(16(3)10-14)24-21(28)13-31-23-26-25-22(27(23)4)17-12-20-19(11-15(17)2)29-8-5-9-30-20/h6-7,10-12H,5,8-9,13H2,1-4H3,(H,24,28). The van der Waals surface area contributed by atoms with Crippen molar-refractivity contribution in [2.45, 2.75) is 32.3 Å². The molecule has 0 saturated heterocycles. The quantitative estimate of drug-likeness (QED) is 0.599.